The van der Waals surface area contributed by atoms with Gasteiger partial charge in [0.15, 0.2) is 0 Å². The molecule has 0 radical (unpaired) electrons. The van der Waals surface area contributed by atoms with Crippen molar-refractivity contribution in [2.75, 3.05) is 30.9 Å². The molecule has 1 aliphatic heterocycles. The van der Waals surface area contributed by atoms with Crippen molar-refractivity contribution in [2.24, 2.45) is 0 Å². The minimum Gasteiger partial charge on any atom is -0.377 e. The number of pyridine rings is 1. The molecule has 0 bridgehead atoms. The van der Waals surface area contributed by atoms with E-state index in [-0.39, 0.29) is 6.04 Å². The summed E-state index contributed by atoms with van der Waals surface area (Å²) in [6.07, 6.45) is 6.60. The summed E-state index contributed by atoms with van der Waals surface area (Å²) in [7, 11) is -2.79. The third-order valence-electron chi connectivity index (χ3n) is 5.94. The van der Waals surface area contributed by atoms with E-state index in [1.807, 2.05) is 35.0 Å². The van der Waals surface area contributed by atoms with Gasteiger partial charge >= 0.3 is 0 Å². The van der Waals surface area contributed by atoms with E-state index in [2.05, 4.69) is 16.8 Å². The molecule has 9 heteroatoms. The van der Waals surface area contributed by atoms with Crippen LogP contribution < -0.4 is 4.90 Å². The van der Waals surface area contributed by atoms with Gasteiger partial charge in [0, 0.05) is 36.6 Å². The molecule has 5 rings (SSSR count). The Morgan fingerprint density at radius 2 is 2.14 bits per heavy atom. The Morgan fingerprint density at radius 3 is 2.86 bits per heavy atom. The van der Waals surface area contributed by atoms with Gasteiger partial charge in [-0.15, -0.1) is 0 Å². The number of rotatable bonds is 4. The van der Waals surface area contributed by atoms with Crippen molar-refractivity contribution < 1.29 is 8.95 Å². The summed E-state index contributed by atoms with van der Waals surface area (Å²) in [5.74, 6) is 1.29. The van der Waals surface area contributed by atoms with Crippen LogP contribution in [0.4, 0.5) is 5.82 Å². The summed E-state index contributed by atoms with van der Waals surface area (Å²) in [5, 5.41) is 1.00. The summed E-state index contributed by atoms with van der Waals surface area (Å²) >= 11 is 0. The van der Waals surface area contributed by atoms with Crippen LogP contribution in [0.5, 0.6) is 0 Å². The normalized spacial score (nSPS) is 23.1. The van der Waals surface area contributed by atoms with Crippen LogP contribution >= 0.6 is 0 Å². The van der Waals surface area contributed by atoms with Crippen molar-refractivity contribution in [3.63, 3.8) is 0 Å². The molecule has 1 saturated heterocycles. The smallest absolute Gasteiger partial charge is 0.237 e. The molecule has 2 atom stereocenters. The predicted octanol–water partition coefficient (Wildman–Crippen LogP) is 2.71. The van der Waals surface area contributed by atoms with Crippen molar-refractivity contribution in [2.45, 2.75) is 30.6 Å². The Morgan fingerprint density at radius 1 is 1.31 bits per heavy atom. The van der Waals surface area contributed by atoms with Crippen LogP contribution in [0.15, 0.2) is 36.7 Å². The van der Waals surface area contributed by atoms with Crippen LogP contribution in [0.1, 0.15) is 25.5 Å². The van der Waals surface area contributed by atoms with Crippen LogP contribution in [-0.4, -0.2) is 55.8 Å². The molecule has 8 nitrogen and oxygen atoms in total. The number of fused-ring (bicyclic) bond motifs is 1. The molecule has 152 valence electrons. The first-order valence-electron chi connectivity index (χ1n) is 9.79. The van der Waals surface area contributed by atoms with E-state index in [0.717, 1.165) is 23.4 Å². The highest BCUT2D eigenvalue weighted by atomic mass is 32.2. The minimum absolute atomic E-state index is 0.177. The summed E-state index contributed by atoms with van der Waals surface area (Å²) in [6, 6.07) is 7.98. The fourth-order valence-corrected chi connectivity index (χ4v) is 5.45. The number of anilines is 1. The molecule has 2 fully saturated rings. The molecule has 1 aliphatic carbocycles. The SMILES string of the molecule is C[C@@H]1COCCN1c1cc(C2([S@](C)(=N)=O)CC2)nc(-n2ccc3cccnc32)n1. The molecule has 3 aromatic heterocycles. The van der Waals surface area contributed by atoms with Crippen LogP contribution in [0.2, 0.25) is 0 Å². The maximum Gasteiger partial charge on any atom is 0.237 e. The number of hydrogen-bond donors (Lipinski definition) is 1. The molecular formula is C20H24N6O2S. The van der Waals surface area contributed by atoms with Crippen molar-refractivity contribution >= 4 is 26.6 Å². The summed E-state index contributed by atoms with van der Waals surface area (Å²) < 4.78 is 27.8. The number of nitrogens with one attached hydrogen (secondary N) is 1. The zero-order valence-electron chi connectivity index (χ0n) is 16.5. The van der Waals surface area contributed by atoms with Crippen LogP contribution in [0, 0.1) is 4.78 Å². The third-order valence-corrected chi connectivity index (χ3v) is 8.05. The van der Waals surface area contributed by atoms with Gasteiger partial charge in [-0.1, -0.05) is 0 Å². The van der Waals surface area contributed by atoms with E-state index >= 15 is 0 Å². The molecule has 0 amide bonds. The van der Waals surface area contributed by atoms with E-state index in [4.69, 9.17) is 19.5 Å². The van der Waals surface area contributed by atoms with Gasteiger partial charge in [0.05, 0.1) is 39.4 Å². The average Bonchev–Trinajstić information content (AvgIpc) is 3.42. The standard InChI is InChI=1S/C20H24N6O2S/c1-14-13-28-11-10-25(14)17-12-16(20(6-7-20)29(2,21)27)23-19(24-17)26-9-5-15-4-3-8-22-18(15)26/h3-5,8-9,12,14,21H,6-7,10-11,13H2,1-2H3/t14-,29-/m1/s1. The molecule has 0 spiro atoms. The van der Waals surface area contributed by atoms with Gasteiger partial charge in [-0.2, -0.15) is 4.98 Å². The van der Waals surface area contributed by atoms with Crippen LogP contribution in [0.25, 0.3) is 17.0 Å². The van der Waals surface area contributed by atoms with Gasteiger partial charge in [0.1, 0.15) is 11.5 Å². The van der Waals surface area contributed by atoms with Crippen molar-refractivity contribution in [3.05, 3.63) is 42.4 Å². The third kappa shape index (κ3) is 3.00. The highest BCUT2D eigenvalue weighted by Crippen LogP contribution is 2.52. The predicted molar refractivity (Wildman–Crippen MR) is 112 cm³/mol. The number of ether oxygens (including phenoxy) is 1. The Hall–Kier alpha value is -2.52. The topological polar surface area (TPSA) is 97.0 Å². The molecule has 2 aliphatic rings. The largest absolute Gasteiger partial charge is 0.377 e. The molecular weight excluding hydrogens is 388 g/mol. The van der Waals surface area contributed by atoms with Crippen molar-refractivity contribution in [1.82, 2.24) is 19.5 Å². The lowest BCUT2D eigenvalue weighted by Gasteiger charge is -2.34. The van der Waals surface area contributed by atoms with E-state index < -0.39 is 14.5 Å². The molecule has 4 heterocycles. The van der Waals surface area contributed by atoms with E-state index in [1.54, 1.807) is 6.20 Å². The maximum absolute atomic E-state index is 12.8. The summed E-state index contributed by atoms with van der Waals surface area (Å²) in [4.78, 5) is 16.3. The first kappa shape index (κ1) is 18.5. The first-order chi connectivity index (χ1) is 13.9. The molecule has 1 saturated carbocycles. The first-order valence-corrected chi connectivity index (χ1v) is 11.8. The lowest BCUT2D eigenvalue weighted by Crippen LogP contribution is -2.44. The van der Waals surface area contributed by atoms with Gasteiger partial charge < -0.3 is 9.64 Å². The Bertz CT molecular complexity index is 1180. The summed E-state index contributed by atoms with van der Waals surface area (Å²) in [5.41, 5.74) is 1.47. The van der Waals surface area contributed by atoms with Crippen LogP contribution in [-0.2, 0) is 19.2 Å². The fraction of sp³-hybridized carbons (Fsp3) is 0.450. The highest BCUT2D eigenvalue weighted by Gasteiger charge is 2.53. The Balaban J connectivity index is 1.71. The quantitative estimate of drug-likeness (QED) is 0.708. The van der Waals surface area contributed by atoms with E-state index in [9.17, 15) is 4.21 Å². The van der Waals surface area contributed by atoms with Gasteiger partial charge in [0.2, 0.25) is 5.95 Å². The van der Waals surface area contributed by atoms with E-state index in [0.29, 0.717) is 37.7 Å². The zero-order chi connectivity index (χ0) is 20.2. The minimum atomic E-state index is -2.79. The second-order valence-electron chi connectivity index (χ2n) is 7.97. The van der Waals surface area contributed by atoms with E-state index in [1.165, 1.54) is 6.26 Å². The number of hydrogen-bond acceptors (Lipinski definition) is 7. The fourth-order valence-electron chi connectivity index (χ4n) is 4.06. The van der Waals surface area contributed by atoms with Gasteiger partial charge in [-0.05, 0) is 38.0 Å². The molecule has 29 heavy (non-hydrogen) atoms. The van der Waals surface area contributed by atoms with Crippen LogP contribution in [0.3, 0.4) is 0 Å². The Kier molecular flexibility index (Phi) is 4.15. The molecule has 1 N–H and O–H groups in total. The number of nitrogens with zero attached hydrogens (tertiary/aromatic N) is 5. The monoisotopic (exact) mass is 412 g/mol. The zero-order valence-corrected chi connectivity index (χ0v) is 17.4. The molecule has 3 aromatic rings. The lowest BCUT2D eigenvalue weighted by molar-refractivity contribution is 0.0985. The lowest BCUT2D eigenvalue weighted by atomic mass is 10.2. The highest BCUT2D eigenvalue weighted by molar-refractivity contribution is 7.92. The molecule has 0 unspecified atom stereocenters. The second-order valence-corrected chi connectivity index (χ2v) is 10.4. The number of aromatic nitrogens is 4. The maximum atomic E-state index is 12.8. The van der Waals surface area contributed by atoms with Gasteiger partial charge in [0.25, 0.3) is 0 Å². The summed E-state index contributed by atoms with van der Waals surface area (Å²) in [6.45, 7) is 4.11. The second kappa shape index (κ2) is 6.50. The molecule has 0 aromatic carbocycles. The number of morpholine rings is 1. The van der Waals surface area contributed by atoms with Crippen molar-refractivity contribution in [1.29, 1.82) is 4.78 Å². The average molecular weight is 413 g/mol. The van der Waals surface area contributed by atoms with Crippen molar-refractivity contribution in [3.8, 4) is 5.95 Å². The van der Waals surface area contributed by atoms with Gasteiger partial charge in [-0.3, -0.25) is 9.35 Å². The Labute approximate surface area is 169 Å². The van der Waals surface area contributed by atoms with Gasteiger partial charge in [-0.25, -0.2) is 14.2 Å².